The molecule has 94 valence electrons. The molecule has 0 spiro atoms. The van der Waals surface area contributed by atoms with Gasteiger partial charge in [0.2, 0.25) is 5.79 Å². The SMILES string of the molecule is Cc1ccc(C2=NC(N)(C3CC3)N=C(N)N2)cc1. The second-order valence-corrected chi connectivity index (χ2v) is 5.01. The fourth-order valence-corrected chi connectivity index (χ4v) is 2.11. The van der Waals surface area contributed by atoms with E-state index in [1.807, 2.05) is 31.2 Å². The molecule has 1 aliphatic carbocycles. The minimum absolute atomic E-state index is 0.318. The van der Waals surface area contributed by atoms with Crippen molar-refractivity contribution in [3.8, 4) is 0 Å². The number of hydrogen-bond donors (Lipinski definition) is 3. The fraction of sp³-hybridized carbons (Fsp3) is 0.385. The second-order valence-electron chi connectivity index (χ2n) is 5.01. The van der Waals surface area contributed by atoms with E-state index in [0.29, 0.717) is 17.7 Å². The van der Waals surface area contributed by atoms with Gasteiger partial charge >= 0.3 is 0 Å². The summed E-state index contributed by atoms with van der Waals surface area (Å²) in [4.78, 5) is 8.78. The molecule has 1 fully saturated rings. The first-order chi connectivity index (χ1) is 8.57. The van der Waals surface area contributed by atoms with E-state index < -0.39 is 5.79 Å². The highest BCUT2D eigenvalue weighted by Gasteiger charge is 2.44. The molecule has 1 heterocycles. The van der Waals surface area contributed by atoms with Gasteiger partial charge in [-0.2, -0.15) is 0 Å². The summed E-state index contributed by atoms with van der Waals surface area (Å²) in [6.07, 6.45) is 2.13. The van der Waals surface area contributed by atoms with Crippen molar-refractivity contribution in [3.63, 3.8) is 0 Å². The average Bonchev–Trinajstić information content (AvgIpc) is 3.12. The van der Waals surface area contributed by atoms with Gasteiger partial charge in [-0.25, -0.2) is 9.98 Å². The van der Waals surface area contributed by atoms with E-state index in [4.69, 9.17) is 11.5 Å². The van der Waals surface area contributed by atoms with Crippen LogP contribution in [-0.2, 0) is 0 Å². The van der Waals surface area contributed by atoms with Crippen LogP contribution in [0.2, 0.25) is 0 Å². The number of guanidine groups is 1. The number of nitrogens with one attached hydrogen (secondary N) is 1. The molecule has 3 rings (SSSR count). The third kappa shape index (κ3) is 1.97. The van der Waals surface area contributed by atoms with Crippen molar-refractivity contribution in [3.05, 3.63) is 35.4 Å². The summed E-state index contributed by atoms with van der Waals surface area (Å²) < 4.78 is 0. The minimum Gasteiger partial charge on any atom is -0.370 e. The second kappa shape index (κ2) is 3.81. The zero-order valence-electron chi connectivity index (χ0n) is 10.4. The normalized spacial score (nSPS) is 27.2. The van der Waals surface area contributed by atoms with E-state index in [-0.39, 0.29) is 0 Å². The van der Waals surface area contributed by atoms with Gasteiger partial charge in [0.05, 0.1) is 0 Å². The molecule has 5 heteroatoms. The van der Waals surface area contributed by atoms with Crippen molar-refractivity contribution in [1.82, 2.24) is 5.32 Å². The van der Waals surface area contributed by atoms with Crippen LogP contribution in [0.15, 0.2) is 34.3 Å². The summed E-state index contributed by atoms with van der Waals surface area (Å²) in [5, 5.41) is 2.99. The predicted octanol–water partition coefficient (Wildman–Crippen LogP) is 0.682. The molecule has 1 aliphatic heterocycles. The van der Waals surface area contributed by atoms with Crippen molar-refractivity contribution in [1.29, 1.82) is 0 Å². The van der Waals surface area contributed by atoms with Gasteiger partial charge < -0.3 is 11.1 Å². The van der Waals surface area contributed by atoms with E-state index in [0.717, 1.165) is 18.4 Å². The molecule has 0 bridgehead atoms. The molecule has 0 amide bonds. The zero-order valence-corrected chi connectivity index (χ0v) is 10.4. The number of nitrogens with two attached hydrogens (primary N) is 2. The lowest BCUT2D eigenvalue weighted by Crippen LogP contribution is -2.51. The fourth-order valence-electron chi connectivity index (χ4n) is 2.11. The Morgan fingerprint density at radius 3 is 2.50 bits per heavy atom. The Kier molecular flexibility index (Phi) is 2.38. The standard InChI is InChI=1S/C13H17N5/c1-8-2-4-9(5-3-8)11-16-12(14)18-13(15,17-11)10-6-7-10/h2-5,10H,6-7,15H2,1H3,(H3,14,16,17,18). The molecule has 1 unspecified atom stereocenters. The first-order valence-corrected chi connectivity index (χ1v) is 6.15. The molecule has 1 saturated carbocycles. The Hall–Kier alpha value is -1.88. The smallest absolute Gasteiger partial charge is 0.210 e. The number of nitrogens with zero attached hydrogens (tertiary/aromatic N) is 2. The highest BCUT2D eigenvalue weighted by atomic mass is 15.3. The highest BCUT2D eigenvalue weighted by Crippen LogP contribution is 2.40. The predicted molar refractivity (Wildman–Crippen MR) is 72.1 cm³/mol. The number of hydrogen-bond acceptors (Lipinski definition) is 5. The van der Waals surface area contributed by atoms with Crippen molar-refractivity contribution in [2.45, 2.75) is 25.6 Å². The van der Waals surface area contributed by atoms with Crippen LogP contribution in [0.4, 0.5) is 0 Å². The van der Waals surface area contributed by atoms with Crippen LogP contribution < -0.4 is 16.8 Å². The van der Waals surface area contributed by atoms with Crippen LogP contribution in [0, 0.1) is 12.8 Å². The Balaban J connectivity index is 1.97. The molecule has 2 aliphatic rings. The first kappa shape index (κ1) is 11.2. The Morgan fingerprint density at radius 2 is 1.89 bits per heavy atom. The lowest BCUT2D eigenvalue weighted by molar-refractivity contribution is 0.401. The molecule has 0 saturated heterocycles. The molecule has 5 nitrogen and oxygen atoms in total. The molecule has 0 radical (unpaired) electrons. The van der Waals surface area contributed by atoms with Gasteiger partial charge in [-0.15, -0.1) is 0 Å². The highest BCUT2D eigenvalue weighted by molar-refractivity contribution is 6.09. The molecular weight excluding hydrogens is 226 g/mol. The molecule has 1 aromatic rings. The van der Waals surface area contributed by atoms with Crippen molar-refractivity contribution in [2.24, 2.45) is 27.4 Å². The lowest BCUT2D eigenvalue weighted by atomic mass is 10.1. The summed E-state index contributed by atoms with van der Waals surface area (Å²) >= 11 is 0. The zero-order chi connectivity index (χ0) is 12.8. The van der Waals surface area contributed by atoms with Gasteiger partial charge in [-0.3, -0.25) is 5.73 Å². The third-order valence-corrected chi connectivity index (χ3v) is 3.34. The van der Waals surface area contributed by atoms with E-state index >= 15 is 0 Å². The molecule has 0 aromatic heterocycles. The summed E-state index contributed by atoms with van der Waals surface area (Å²) in [6, 6.07) is 8.09. The van der Waals surface area contributed by atoms with Gasteiger partial charge in [-0.05, 0) is 19.8 Å². The number of aliphatic imine (C=N–C) groups is 2. The maximum atomic E-state index is 6.22. The van der Waals surface area contributed by atoms with Crippen LogP contribution in [-0.4, -0.2) is 17.6 Å². The van der Waals surface area contributed by atoms with Gasteiger partial charge in [0.1, 0.15) is 5.84 Å². The van der Waals surface area contributed by atoms with Gasteiger partial charge in [0.25, 0.3) is 0 Å². The van der Waals surface area contributed by atoms with E-state index in [1.54, 1.807) is 0 Å². The van der Waals surface area contributed by atoms with Crippen molar-refractivity contribution >= 4 is 11.8 Å². The Bertz CT molecular complexity index is 527. The molecule has 18 heavy (non-hydrogen) atoms. The van der Waals surface area contributed by atoms with E-state index in [2.05, 4.69) is 15.3 Å². The minimum atomic E-state index is -0.879. The summed E-state index contributed by atoms with van der Waals surface area (Å²) in [7, 11) is 0. The maximum absolute atomic E-state index is 6.22. The largest absolute Gasteiger partial charge is 0.370 e. The summed E-state index contributed by atoms with van der Waals surface area (Å²) in [5.74, 6) is 0.487. The van der Waals surface area contributed by atoms with Gasteiger partial charge in [0, 0.05) is 11.5 Å². The molecule has 1 aromatic carbocycles. The van der Waals surface area contributed by atoms with Crippen molar-refractivity contribution < 1.29 is 0 Å². The monoisotopic (exact) mass is 243 g/mol. The van der Waals surface area contributed by atoms with Crippen LogP contribution in [0.1, 0.15) is 24.0 Å². The Morgan fingerprint density at radius 1 is 1.22 bits per heavy atom. The van der Waals surface area contributed by atoms with Gasteiger partial charge in [0.15, 0.2) is 5.96 Å². The van der Waals surface area contributed by atoms with Crippen LogP contribution in [0.3, 0.4) is 0 Å². The first-order valence-electron chi connectivity index (χ1n) is 6.15. The molecular formula is C13H17N5. The number of aryl methyl sites for hydroxylation is 1. The van der Waals surface area contributed by atoms with Gasteiger partial charge in [-0.1, -0.05) is 29.8 Å². The van der Waals surface area contributed by atoms with Crippen LogP contribution in [0.25, 0.3) is 0 Å². The Labute approximate surface area is 106 Å². The maximum Gasteiger partial charge on any atom is 0.210 e. The lowest BCUT2D eigenvalue weighted by Gasteiger charge is -2.27. The summed E-state index contributed by atoms with van der Waals surface area (Å²) in [5.41, 5.74) is 14.2. The summed E-state index contributed by atoms with van der Waals surface area (Å²) in [6.45, 7) is 2.05. The topological polar surface area (TPSA) is 88.8 Å². The number of amidine groups is 1. The van der Waals surface area contributed by atoms with Crippen LogP contribution in [0.5, 0.6) is 0 Å². The van der Waals surface area contributed by atoms with E-state index in [9.17, 15) is 0 Å². The van der Waals surface area contributed by atoms with Crippen LogP contribution >= 0.6 is 0 Å². The third-order valence-electron chi connectivity index (χ3n) is 3.34. The quantitative estimate of drug-likeness (QED) is 0.713. The molecule has 1 atom stereocenters. The van der Waals surface area contributed by atoms with Crippen molar-refractivity contribution in [2.75, 3.05) is 0 Å². The average molecular weight is 243 g/mol. The number of benzene rings is 1. The molecule has 5 N–H and O–H groups in total. The van der Waals surface area contributed by atoms with E-state index in [1.165, 1.54) is 5.56 Å². The number of rotatable bonds is 2.